The Bertz CT molecular complexity index is 915. The van der Waals surface area contributed by atoms with Crippen molar-refractivity contribution in [3.05, 3.63) is 53.2 Å². The number of rotatable bonds is 7. The lowest BCUT2D eigenvalue weighted by molar-refractivity contribution is -0.151. The normalized spacial score (nSPS) is 12.3. The molecule has 27 heavy (non-hydrogen) atoms. The van der Waals surface area contributed by atoms with Crippen molar-refractivity contribution in [2.24, 2.45) is 0 Å². The van der Waals surface area contributed by atoms with Crippen molar-refractivity contribution in [2.75, 3.05) is 11.9 Å². The SMILES string of the molecule is Cc1ccc(S(=O)(=O)NCC(=O)O[C@@H](C)C(=O)Nc2ccc(Cl)cn2)cc1. The number of anilines is 1. The van der Waals surface area contributed by atoms with Crippen LogP contribution in [0.5, 0.6) is 0 Å². The Hall–Kier alpha value is -2.49. The van der Waals surface area contributed by atoms with Gasteiger partial charge >= 0.3 is 5.97 Å². The first-order valence-electron chi connectivity index (χ1n) is 7.85. The molecule has 0 aliphatic carbocycles. The molecular weight excluding hydrogens is 394 g/mol. The van der Waals surface area contributed by atoms with Gasteiger partial charge in [-0.1, -0.05) is 29.3 Å². The molecule has 0 unspecified atom stereocenters. The van der Waals surface area contributed by atoms with Gasteiger partial charge in [-0.25, -0.2) is 13.4 Å². The predicted molar refractivity (Wildman–Crippen MR) is 99.8 cm³/mol. The third-order valence-corrected chi connectivity index (χ3v) is 5.03. The Morgan fingerprint density at radius 1 is 1.19 bits per heavy atom. The number of nitrogens with zero attached hydrogens (tertiary/aromatic N) is 1. The van der Waals surface area contributed by atoms with Crippen LogP contribution < -0.4 is 10.0 Å². The van der Waals surface area contributed by atoms with Gasteiger partial charge in [-0.3, -0.25) is 9.59 Å². The number of hydrogen-bond acceptors (Lipinski definition) is 6. The molecule has 0 radical (unpaired) electrons. The molecule has 0 bridgehead atoms. The van der Waals surface area contributed by atoms with Gasteiger partial charge in [0.2, 0.25) is 10.0 Å². The Labute approximate surface area is 161 Å². The van der Waals surface area contributed by atoms with Crippen molar-refractivity contribution in [1.82, 2.24) is 9.71 Å². The molecule has 2 rings (SSSR count). The summed E-state index contributed by atoms with van der Waals surface area (Å²) in [5.41, 5.74) is 0.906. The Morgan fingerprint density at radius 2 is 1.85 bits per heavy atom. The number of nitrogens with one attached hydrogen (secondary N) is 2. The van der Waals surface area contributed by atoms with E-state index in [9.17, 15) is 18.0 Å². The maximum absolute atomic E-state index is 12.1. The maximum Gasteiger partial charge on any atom is 0.321 e. The van der Waals surface area contributed by atoms with Crippen LogP contribution in [0.2, 0.25) is 5.02 Å². The highest BCUT2D eigenvalue weighted by Gasteiger charge is 2.21. The highest BCUT2D eigenvalue weighted by Crippen LogP contribution is 2.11. The molecule has 0 aliphatic heterocycles. The number of hydrogen-bond donors (Lipinski definition) is 2. The van der Waals surface area contributed by atoms with Crippen LogP contribution in [-0.2, 0) is 24.3 Å². The summed E-state index contributed by atoms with van der Waals surface area (Å²) in [6.07, 6.45) is 0.215. The molecule has 8 nitrogen and oxygen atoms in total. The number of aryl methyl sites for hydroxylation is 1. The van der Waals surface area contributed by atoms with Crippen LogP contribution in [0.15, 0.2) is 47.5 Å². The highest BCUT2D eigenvalue weighted by atomic mass is 35.5. The molecule has 1 amide bonds. The van der Waals surface area contributed by atoms with Crippen molar-refractivity contribution in [1.29, 1.82) is 0 Å². The topological polar surface area (TPSA) is 114 Å². The van der Waals surface area contributed by atoms with Gasteiger partial charge in [0.05, 0.1) is 9.92 Å². The van der Waals surface area contributed by atoms with Crippen molar-refractivity contribution in [2.45, 2.75) is 24.8 Å². The van der Waals surface area contributed by atoms with Gasteiger partial charge < -0.3 is 10.1 Å². The van der Waals surface area contributed by atoms with Crippen molar-refractivity contribution in [3.63, 3.8) is 0 Å². The van der Waals surface area contributed by atoms with Gasteiger partial charge in [0, 0.05) is 6.20 Å². The molecule has 10 heteroatoms. The summed E-state index contributed by atoms with van der Waals surface area (Å²) in [7, 11) is -3.85. The zero-order valence-electron chi connectivity index (χ0n) is 14.6. The Morgan fingerprint density at radius 3 is 2.44 bits per heavy atom. The van der Waals surface area contributed by atoms with E-state index in [-0.39, 0.29) is 10.7 Å². The summed E-state index contributed by atoms with van der Waals surface area (Å²) in [6, 6.07) is 9.18. The molecule has 0 saturated carbocycles. The van der Waals surface area contributed by atoms with Gasteiger partial charge in [0.1, 0.15) is 12.4 Å². The van der Waals surface area contributed by atoms with Crippen molar-refractivity contribution < 1.29 is 22.7 Å². The summed E-state index contributed by atoms with van der Waals surface area (Å²) in [5.74, 6) is -1.26. The Balaban J connectivity index is 1.86. The second-order valence-corrected chi connectivity index (χ2v) is 7.82. The second kappa shape index (κ2) is 8.94. The zero-order chi connectivity index (χ0) is 20.0. The van der Waals surface area contributed by atoms with E-state index in [1.165, 1.54) is 31.3 Å². The van der Waals surface area contributed by atoms with Gasteiger partial charge in [-0.15, -0.1) is 0 Å². The van der Waals surface area contributed by atoms with Crippen LogP contribution in [-0.4, -0.2) is 37.9 Å². The van der Waals surface area contributed by atoms with Gasteiger partial charge in [0.15, 0.2) is 6.10 Å². The number of ether oxygens (including phenoxy) is 1. The summed E-state index contributed by atoms with van der Waals surface area (Å²) in [6.45, 7) is 2.58. The number of halogens is 1. The van der Waals surface area contributed by atoms with Crippen molar-refractivity contribution >= 4 is 39.3 Å². The fourth-order valence-corrected chi connectivity index (χ4v) is 3.01. The summed E-state index contributed by atoms with van der Waals surface area (Å²) in [5, 5.41) is 2.86. The molecule has 1 aromatic heterocycles. The number of sulfonamides is 1. The molecule has 2 N–H and O–H groups in total. The van der Waals surface area contributed by atoms with E-state index in [0.717, 1.165) is 5.56 Å². The van der Waals surface area contributed by atoms with E-state index in [1.54, 1.807) is 18.2 Å². The number of aromatic nitrogens is 1. The smallest absolute Gasteiger partial charge is 0.321 e. The monoisotopic (exact) mass is 411 g/mol. The maximum atomic E-state index is 12.1. The van der Waals surface area contributed by atoms with Crippen LogP contribution in [0.25, 0.3) is 0 Å². The summed E-state index contributed by atoms with van der Waals surface area (Å²) < 4.78 is 31.3. The molecule has 0 spiro atoms. The van der Waals surface area contributed by atoms with Gasteiger partial charge in [0.25, 0.3) is 5.91 Å². The van der Waals surface area contributed by atoms with E-state index in [2.05, 4.69) is 15.0 Å². The molecule has 1 aromatic carbocycles. The van der Waals surface area contributed by atoms with Crippen LogP contribution in [0.4, 0.5) is 5.82 Å². The van der Waals surface area contributed by atoms with E-state index >= 15 is 0 Å². The third kappa shape index (κ3) is 6.31. The van der Waals surface area contributed by atoms with Crippen LogP contribution in [0.1, 0.15) is 12.5 Å². The van der Waals surface area contributed by atoms with E-state index in [1.807, 2.05) is 6.92 Å². The zero-order valence-corrected chi connectivity index (χ0v) is 16.2. The lowest BCUT2D eigenvalue weighted by Gasteiger charge is -2.13. The number of esters is 1. The first kappa shape index (κ1) is 20.8. The van der Waals surface area contributed by atoms with Crippen LogP contribution in [0, 0.1) is 6.92 Å². The molecule has 0 aliphatic rings. The van der Waals surface area contributed by atoms with Crippen LogP contribution >= 0.6 is 11.6 Å². The van der Waals surface area contributed by atoms with E-state index < -0.39 is 34.5 Å². The molecule has 1 heterocycles. The van der Waals surface area contributed by atoms with E-state index in [0.29, 0.717) is 5.02 Å². The second-order valence-electron chi connectivity index (χ2n) is 5.62. The number of amides is 1. The quantitative estimate of drug-likeness (QED) is 0.672. The highest BCUT2D eigenvalue weighted by molar-refractivity contribution is 7.89. The number of benzene rings is 1. The molecule has 0 fully saturated rings. The molecular formula is C17H18ClN3O5S. The fraction of sp³-hybridized carbons (Fsp3) is 0.235. The number of carbonyl (C=O) groups excluding carboxylic acids is 2. The predicted octanol–water partition coefficient (Wildman–Crippen LogP) is 1.89. The minimum atomic E-state index is -3.85. The Kier molecular flexibility index (Phi) is 6.89. The molecule has 144 valence electrons. The minimum Gasteiger partial charge on any atom is -0.452 e. The lowest BCUT2D eigenvalue weighted by Crippen LogP contribution is -2.36. The molecule has 2 aromatic rings. The number of carbonyl (C=O) groups is 2. The van der Waals surface area contributed by atoms with Gasteiger partial charge in [-0.2, -0.15) is 4.72 Å². The van der Waals surface area contributed by atoms with Crippen molar-refractivity contribution in [3.8, 4) is 0 Å². The third-order valence-electron chi connectivity index (χ3n) is 3.39. The molecule has 1 atom stereocenters. The standard InChI is InChI=1S/C17H18ClN3O5S/c1-11-3-6-14(7-4-11)27(24,25)20-10-16(22)26-12(2)17(23)21-15-8-5-13(18)9-19-15/h3-9,12,20H,10H2,1-2H3,(H,19,21,23)/t12-/m0/s1. The average molecular weight is 412 g/mol. The van der Waals surface area contributed by atoms with E-state index in [4.69, 9.17) is 16.3 Å². The fourth-order valence-electron chi connectivity index (χ4n) is 1.92. The summed E-state index contributed by atoms with van der Waals surface area (Å²) >= 11 is 5.70. The van der Waals surface area contributed by atoms with Crippen LogP contribution in [0.3, 0.4) is 0 Å². The number of pyridine rings is 1. The average Bonchev–Trinajstić information content (AvgIpc) is 2.62. The first-order valence-corrected chi connectivity index (χ1v) is 9.72. The first-order chi connectivity index (χ1) is 12.7. The molecule has 0 saturated heterocycles. The largest absolute Gasteiger partial charge is 0.452 e. The minimum absolute atomic E-state index is 0.0282. The summed E-state index contributed by atoms with van der Waals surface area (Å²) in [4.78, 5) is 27.7. The lowest BCUT2D eigenvalue weighted by atomic mass is 10.2. The van der Waals surface area contributed by atoms with Gasteiger partial charge in [-0.05, 0) is 38.1 Å².